The standard InChI is InChI=1S/C23H31N3O3.HI/c1-24-23(25-13-11-17-5-10-21(28-3)22(15-17)29-4)26-14-12-19(16-26)18-6-8-20(27-2)9-7-18;/h5-10,15,19H,11-14,16H2,1-4H3,(H,24,25);1H. The van der Waals surface area contributed by atoms with Gasteiger partial charge in [0.15, 0.2) is 17.5 Å². The average molecular weight is 525 g/mol. The number of guanidine groups is 1. The molecule has 1 aliphatic rings. The lowest BCUT2D eigenvalue weighted by Crippen LogP contribution is -2.40. The molecule has 0 spiro atoms. The maximum absolute atomic E-state index is 5.39. The van der Waals surface area contributed by atoms with Crippen molar-refractivity contribution in [2.75, 3.05) is 48.0 Å². The quantitative estimate of drug-likeness (QED) is 0.337. The second-order valence-electron chi connectivity index (χ2n) is 7.12. The molecule has 1 aliphatic heterocycles. The van der Waals surface area contributed by atoms with Gasteiger partial charge in [0.2, 0.25) is 0 Å². The van der Waals surface area contributed by atoms with Gasteiger partial charge in [0, 0.05) is 32.6 Å². The summed E-state index contributed by atoms with van der Waals surface area (Å²) in [5.74, 6) is 3.89. The van der Waals surface area contributed by atoms with Crippen molar-refractivity contribution in [1.29, 1.82) is 0 Å². The Labute approximate surface area is 196 Å². The molecular weight excluding hydrogens is 493 g/mol. The van der Waals surface area contributed by atoms with E-state index in [1.54, 1.807) is 21.3 Å². The number of nitrogens with zero attached hydrogens (tertiary/aromatic N) is 2. The smallest absolute Gasteiger partial charge is 0.193 e. The third-order valence-corrected chi connectivity index (χ3v) is 5.43. The second-order valence-corrected chi connectivity index (χ2v) is 7.12. The molecule has 1 fully saturated rings. The largest absolute Gasteiger partial charge is 0.497 e. The van der Waals surface area contributed by atoms with Gasteiger partial charge in [-0.1, -0.05) is 18.2 Å². The molecule has 1 saturated heterocycles. The fourth-order valence-corrected chi connectivity index (χ4v) is 3.79. The molecule has 30 heavy (non-hydrogen) atoms. The van der Waals surface area contributed by atoms with E-state index < -0.39 is 0 Å². The number of aliphatic imine (C=N–C) groups is 1. The highest BCUT2D eigenvalue weighted by atomic mass is 127. The van der Waals surface area contributed by atoms with Gasteiger partial charge >= 0.3 is 0 Å². The molecular formula is C23H32IN3O3. The van der Waals surface area contributed by atoms with Crippen LogP contribution in [0.3, 0.4) is 0 Å². The summed E-state index contributed by atoms with van der Waals surface area (Å²) in [4.78, 5) is 6.82. The number of nitrogens with one attached hydrogen (secondary N) is 1. The minimum absolute atomic E-state index is 0. The maximum Gasteiger partial charge on any atom is 0.193 e. The first kappa shape index (κ1) is 24.1. The van der Waals surface area contributed by atoms with Gasteiger partial charge in [0.1, 0.15) is 5.75 Å². The Balaban J connectivity index is 0.00000320. The number of hydrogen-bond donors (Lipinski definition) is 1. The van der Waals surface area contributed by atoms with E-state index in [1.807, 2.05) is 31.3 Å². The fourth-order valence-electron chi connectivity index (χ4n) is 3.79. The third kappa shape index (κ3) is 5.93. The van der Waals surface area contributed by atoms with Crippen LogP contribution >= 0.6 is 24.0 Å². The Morgan fingerprint density at radius 1 is 1.03 bits per heavy atom. The summed E-state index contributed by atoms with van der Waals surface area (Å²) in [5, 5.41) is 3.50. The van der Waals surface area contributed by atoms with Crippen LogP contribution in [0.4, 0.5) is 0 Å². The maximum atomic E-state index is 5.39. The first-order chi connectivity index (χ1) is 14.2. The Kier molecular flexibility index (Phi) is 9.55. The van der Waals surface area contributed by atoms with Crippen molar-refractivity contribution >= 4 is 29.9 Å². The van der Waals surface area contributed by atoms with Crippen molar-refractivity contribution in [1.82, 2.24) is 10.2 Å². The number of ether oxygens (including phenoxy) is 3. The second kappa shape index (κ2) is 11.9. The molecule has 1 atom stereocenters. The summed E-state index contributed by atoms with van der Waals surface area (Å²) >= 11 is 0. The number of halogens is 1. The molecule has 7 heteroatoms. The van der Waals surface area contributed by atoms with E-state index >= 15 is 0 Å². The number of methoxy groups -OCH3 is 3. The third-order valence-electron chi connectivity index (χ3n) is 5.43. The van der Waals surface area contributed by atoms with Gasteiger partial charge in [-0.25, -0.2) is 0 Å². The molecule has 0 amide bonds. The van der Waals surface area contributed by atoms with Crippen molar-refractivity contribution < 1.29 is 14.2 Å². The Bertz CT molecular complexity index is 827. The normalized spacial score (nSPS) is 16.1. The number of hydrogen-bond acceptors (Lipinski definition) is 4. The average Bonchev–Trinajstić information content (AvgIpc) is 3.26. The van der Waals surface area contributed by atoms with Crippen LogP contribution in [0, 0.1) is 0 Å². The van der Waals surface area contributed by atoms with Gasteiger partial charge in [-0.15, -0.1) is 24.0 Å². The highest BCUT2D eigenvalue weighted by Crippen LogP contribution is 2.29. The predicted molar refractivity (Wildman–Crippen MR) is 132 cm³/mol. The van der Waals surface area contributed by atoms with E-state index in [2.05, 4.69) is 33.4 Å². The number of likely N-dealkylation sites (tertiary alicyclic amines) is 1. The Hall–Kier alpha value is -2.16. The Morgan fingerprint density at radius 2 is 1.77 bits per heavy atom. The van der Waals surface area contributed by atoms with Gasteiger partial charge in [-0.05, 0) is 48.2 Å². The van der Waals surface area contributed by atoms with E-state index in [-0.39, 0.29) is 24.0 Å². The Morgan fingerprint density at radius 3 is 2.40 bits per heavy atom. The minimum atomic E-state index is 0. The van der Waals surface area contributed by atoms with E-state index in [1.165, 1.54) is 11.1 Å². The van der Waals surface area contributed by atoms with E-state index in [0.29, 0.717) is 5.92 Å². The van der Waals surface area contributed by atoms with Gasteiger partial charge in [0.05, 0.1) is 21.3 Å². The van der Waals surface area contributed by atoms with Crippen molar-refractivity contribution in [3.63, 3.8) is 0 Å². The van der Waals surface area contributed by atoms with Gasteiger partial charge in [-0.2, -0.15) is 0 Å². The van der Waals surface area contributed by atoms with E-state index in [0.717, 1.165) is 55.7 Å². The van der Waals surface area contributed by atoms with Crippen LogP contribution in [0.1, 0.15) is 23.5 Å². The summed E-state index contributed by atoms with van der Waals surface area (Å²) in [5.41, 5.74) is 2.55. The van der Waals surface area contributed by atoms with Gasteiger partial charge in [0.25, 0.3) is 0 Å². The van der Waals surface area contributed by atoms with Crippen LogP contribution < -0.4 is 19.5 Å². The molecule has 0 aromatic heterocycles. The lowest BCUT2D eigenvalue weighted by atomic mass is 9.98. The van der Waals surface area contributed by atoms with Crippen molar-refractivity contribution in [3.05, 3.63) is 53.6 Å². The summed E-state index contributed by atoms with van der Waals surface area (Å²) in [6.07, 6.45) is 2.01. The summed E-state index contributed by atoms with van der Waals surface area (Å²) in [6.45, 7) is 2.79. The van der Waals surface area contributed by atoms with Crippen LogP contribution in [0.5, 0.6) is 17.2 Å². The molecule has 164 valence electrons. The molecule has 6 nitrogen and oxygen atoms in total. The van der Waals surface area contributed by atoms with Crippen molar-refractivity contribution in [2.45, 2.75) is 18.8 Å². The number of rotatable bonds is 7. The fraction of sp³-hybridized carbons (Fsp3) is 0.435. The molecule has 0 bridgehead atoms. The van der Waals surface area contributed by atoms with Crippen LogP contribution in [-0.2, 0) is 6.42 Å². The molecule has 3 rings (SSSR count). The summed E-state index contributed by atoms with van der Waals surface area (Å²) < 4.78 is 16.0. The minimum Gasteiger partial charge on any atom is -0.497 e. The first-order valence-corrected chi connectivity index (χ1v) is 9.99. The van der Waals surface area contributed by atoms with Crippen LogP contribution in [-0.4, -0.2) is 58.9 Å². The van der Waals surface area contributed by atoms with E-state index in [4.69, 9.17) is 14.2 Å². The molecule has 1 unspecified atom stereocenters. The predicted octanol–water partition coefficient (Wildman–Crippen LogP) is 3.94. The lowest BCUT2D eigenvalue weighted by molar-refractivity contribution is 0.354. The van der Waals surface area contributed by atoms with Crippen molar-refractivity contribution in [3.8, 4) is 17.2 Å². The molecule has 0 saturated carbocycles. The summed E-state index contributed by atoms with van der Waals surface area (Å²) in [7, 11) is 6.86. The highest BCUT2D eigenvalue weighted by Gasteiger charge is 2.26. The topological polar surface area (TPSA) is 55.3 Å². The molecule has 1 N–H and O–H groups in total. The molecule has 2 aromatic rings. The molecule has 0 aliphatic carbocycles. The lowest BCUT2D eigenvalue weighted by Gasteiger charge is -2.22. The molecule has 2 aromatic carbocycles. The SMILES string of the molecule is CN=C(NCCc1ccc(OC)c(OC)c1)N1CCC(c2ccc(OC)cc2)C1.I. The van der Waals surface area contributed by atoms with E-state index in [9.17, 15) is 0 Å². The monoisotopic (exact) mass is 525 g/mol. The first-order valence-electron chi connectivity index (χ1n) is 9.99. The zero-order valence-corrected chi connectivity index (χ0v) is 20.5. The highest BCUT2D eigenvalue weighted by molar-refractivity contribution is 14.0. The molecule has 0 radical (unpaired) electrons. The zero-order chi connectivity index (χ0) is 20.6. The summed E-state index contributed by atoms with van der Waals surface area (Å²) in [6, 6.07) is 14.5. The molecule has 1 heterocycles. The zero-order valence-electron chi connectivity index (χ0n) is 18.2. The van der Waals surface area contributed by atoms with Gasteiger partial charge in [-0.3, -0.25) is 4.99 Å². The van der Waals surface area contributed by atoms with Crippen LogP contribution in [0.2, 0.25) is 0 Å². The van der Waals surface area contributed by atoms with Crippen LogP contribution in [0.15, 0.2) is 47.5 Å². The van der Waals surface area contributed by atoms with Crippen LogP contribution in [0.25, 0.3) is 0 Å². The van der Waals surface area contributed by atoms with Crippen molar-refractivity contribution in [2.24, 2.45) is 4.99 Å². The number of benzene rings is 2. The van der Waals surface area contributed by atoms with Gasteiger partial charge < -0.3 is 24.4 Å².